The van der Waals surface area contributed by atoms with E-state index in [0.29, 0.717) is 19.5 Å². The number of hydrogen-bond donors (Lipinski definition) is 1. The normalized spacial score (nSPS) is 19.0. The Morgan fingerprint density at radius 1 is 0.906 bits per heavy atom. The molecule has 4 rings (SSSR count). The average Bonchev–Trinajstić information content (AvgIpc) is 2.82. The van der Waals surface area contributed by atoms with Crippen molar-refractivity contribution in [2.45, 2.75) is 38.4 Å². The van der Waals surface area contributed by atoms with Crippen molar-refractivity contribution in [3.8, 4) is 0 Å². The van der Waals surface area contributed by atoms with Crippen LogP contribution in [0, 0.1) is 0 Å². The molecule has 2 aromatic rings. The molecule has 0 spiro atoms. The van der Waals surface area contributed by atoms with Gasteiger partial charge in [-0.25, -0.2) is 0 Å². The van der Waals surface area contributed by atoms with E-state index in [0.717, 1.165) is 56.7 Å². The third-order valence-corrected chi connectivity index (χ3v) is 6.53. The summed E-state index contributed by atoms with van der Waals surface area (Å²) in [6.45, 7) is 6.49. The molecule has 1 N–H and O–H groups in total. The number of benzene rings is 2. The Hall–Kier alpha value is -2.70. The van der Waals surface area contributed by atoms with Crippen LogP contribution in [0.4, 0.5) is 0 Å². The van der Waals surface area contributed by atoms with E-state index in [1.807, 2.05) is 30.3 Å². The van der Waals surface area contributed by atoms with E-state index in [4.69, 9.17) is 0 Å². The van der Waals surface area contributed by atoms with Gasteiger partial charge in [0.05, 0.1) is 0 Å². The summed E-state index contributed by atoms with van der Waals surface area (Å²) in [5, 5.41) is 3.07. The molecule has 2 fully saturated rings. The first-order chi connectivity index (χ1) is 15.6. The van der Waals surface area contributed by atoms with E-state index in [-0.39, 0.29) is 11.8 Å². The van der Waals surface area contributed by atoms with Crippen LogP contribution in [0.2, 0.25) is 0 Å². The Kier molecular flexibility index (Phi) is 7.55. The molecule has 0 saturated carbocycles. The SMILES string of the molecule is CN1CCN(Cc2ccc(CNC(=O)C(c3ccccc3)N3CCCCC3=O)cc2)CC1. The highest BCUT2D eigenvalue weighted by Crippen LogP contribution is 2.26. The van der Waals surface area contributed by atoms with Crippen molar-refractivity contribution in [3.05, 3.63) is 71.3 Å². The molecular weight excluding hydrogens is 400 g/mol. The number of piperazine rings is 1. The minimum absolute atomic E-state index is 0.0634. The zero-order valence-corrected chi connectivity index (χ0v) is 19.0. The van der Waals surface area contributed by atoms with Crippen LogP contribution in [0.3, 0.4) is 0 Å². The van der Waals surface area contributed by atoms with Gasteiger partial charge in [-0.05, 0) is 36.6 Å². The summed E-state index contributed by atoms with van der Waals surface area (Å²) in [5.74, 6) is -0.0542. The molecule has 2 amide bonds. The maximum absolute atomic E-state index is 13.2. The molecule has 0 bridgehead atoms. The van der Waals surface area contributed by atoms with E-state index in [1.54, 1.807) is 4.90 Å². The van der Waals surface area contributed by atoms with Crippen LogP contribution >= 0.6 is 0 Å². The average molecular weight is 435 g/mol. The van der Waals surface area contributed by atoms with Gasteiger partial charge in [0.15, 0.2) is 0 Å². The number of carbonyl (C=O) groups is 2. The van der Waals surface area contributed by atoms with Crippen LogP contribution in [0.5, 0.6) is 0 Å². The zero-order valence-electron chi connectivity index (χ0n) is 19.0. The first-order valence-corrected chi connectivity index (χ1v) is 11.7. The van der Waals surface area contributed by atoms with Crippen LogP contribution < -0.4 is 5.32 Å². The molecule has 2 aromatic carbocycles. The fraction of sp³-hybridized carbons (Fsp3) is 0.462. The molecule has 6 nitrogen and oxygen atoms in total. The van der Waals surface area contributed by atoms with E-state index in [9.17, 15) is 9.59 Å². The predicted molar refractivity (Wildman–Crippen MR) is 126 cm³/mol. The zero-order chi connectivity index (χ0) is 22.3. The van der Waals surface area contributed by atoms with Crippen LogP contribution in [0.1, 0.15) is 42.0 Å². The van der Waals surface area contributed by atoms with Gasteiger partial charge in [-0.15, -0.1) is 0 Å². The quantitative estimate of drug-likeness (QED) is 0.728. The molecule has 170 valence electrons. The predicted octanol–water partition coefficient (Wildman–Crippen LogP) is 2.80. The van der Waals surface area contributed by atoms with Crippen molar-refractivity contribution in [3.63, 3.8) is 0 Å². The number of carbonyl (C=O) groups excluding carboxylic acids is 2. The van der Waals surface area contributed by atoms with Crippen molar-refractivity contribution in [1.29, 1.82) is 0 Å². The van der Waals surface area contributed by atoms with Crippen LogP contribution in [-0.4, -0.2) is 66.3 Å². The third kappa shape index (κ3) is 5.75. The molecule has 32 heavy (non-hydrogen) atoms. The molecule has 2 aliphatic rings. The lowest BCUT2D eigenvalue weighted by atomic mass is 10.0. The Balaban J connectivity index is 1.37. The van der Waals surface area contributed by atoms with Crippen LogP contribution in [0.25, 0.3) is 0 Å². The fourth-order valence-corrected chi connectivity index (χ4v) is 4.52. The number of nitrogens with one attached hydrogen (secondary N) is 1. The van der Waals surface area contributed by atoms with Crippen molar-refractivity contribution in [1.82, 2.24) is 20.0 Å². The van der Waals surface area contributed by atoms with Crippen LogP contribution in [-0.2, 0) is 22.7 Å². The number of likely N-dealkylation sites (N-methyl/N-ethyl adjacent to an activating group) is 1. The van der Waals surface area contributed by atoms with Crippen molar-refractivity contribution < 1.29 is 9.59 Å². The fourth-order valence-electron chi connectivity index (χ4n) is 4.52. The first-order valence-electron chi connectivity index (χ1n) is 11.7. The first kappa shape index (κ1) is 22.5. The number of amides is 2. The minimum atomic E-state index is -0.569. The summed E-state index contributed by atoms with van der Waals surface area (Å²) >= 11 is 0. The van der Waals surface area contributed by atoms with Crippen LogP contribution in [0.15, 0.2) is 54.6 Å². The highest BCUT2D eigenvalue weighted by Gasteiger charge is 2.32. The van der Waals surface area contributed by atoms with Gasteiger partial charge in [0.2, 0.25) is 11.8 Å². The van der Waals surface area contributed by atoms with E-state index < -0.39 is 6.04 Å². The van der Waals surface area contributed by atoms with Gasteiger partial charge in [0.25, 0.3) is 0 Å². The summed E-state index contributed by atoms with van der Waals surface area (Å²) in [5.41, 5.74) is 3.23. The van der Waals surface area contributed by atoms with Gasteiger partial charge in [0, 0.05) is 52.2 Å². The number of likely N-dealkylation sites (tertiary alicyclic amines) is 1. The molecule has 1 unspecified atom stereocenters. The van der Waals surface area contributed by atoms with Gasteiger partial charge < -0.3 is 15.1 Å². The molecule has 0 radical (unpaired) electrons. The van der Waals surface area contributed by atoms with Gasteiger partial charge in [-0.3, -0.25) is 14.5 Å². The van der Waals surface area contributed by atoms with Gasteiger partial charge in [-0.2, -0.15) is 0 Å². The largest absolute Gasteiger partial charge is 0.350 e. The van der Waals surface area contributed by atoms with Crippen molar-refractivity contribution in [2.75, 3.05) is 39.8 Å². The number of hydrogen-bond acceptors (Lipinski definition) is 4. The second-order valence-electron chi connectivity index (χ2n) is 8.97. The summed E-state index contributed by atoms with van der Waals surface area (Å²) < 4.78 is 0. The van der Waals surface area contributed by atoms with Crippen molar-refractivity contribution >= 4 is 11.8 Å². The standard InChI is InChI=1S/C26H34N4O2/c1-28-15-17-29(18-16-28)20-22-12-10-21(11-13-22)19-27-26(32)25(23-7-3-2-4-8-23)30-14-6-5-9-24(30)31/h2-4,7-8,10-13,25H,5-6,9,14-20H2,1H3,(H,27,32). The smallest absolute Gasteiger partial charge is 0.247 e. The summed E-state index contributed by atoms with van der Waals surface area (Å²) in [6.07, 6.45) is 2.36. The monoisotopic (exact) mass is 434 g/mol. The molecule has 2 saturated heterocycles. The Labute approximate surface area is 191 Å². The Morgan fingerprint density at radius 3 is 2.28 bits per heavy atom. The molecule has 0 aromatic heterocycles. The van der Waals surface area contributed by atoms with Crippen molar-refractivity contribution in [2.24, 2.45) is 0 Å². The molecule has 6 heteroatoms. The Morgan fingerprint density at radius 2 is 1.59 bits per heavy atom. The highest BCUT2D eigenvalue weighted by molar-refractivity contribution is 5.89. The molecular formula is C26H34N4O2. The second-order valence-corrected chi connectivity index (χ2v) is 8.97. The second kappa shape index (κ2) is 10.7. The molecule has 1 atom stereocenters. The number of rotatable bonds is 7. The van der Waals surface area contributed by atoms with Gasteiger partial charge in [0.1, 0.15) is 6.04 Å². The molecule has 2 heterocycles. The Bertz CT molecular complexity index is 892. The maximum Gasteiger partial charge on any atom is 0.247 e. The summed E-state index contributed by atoms with van der Waals surface area (Å²) in [7, 11) is 2.17. The van der Waals surface area contributed by atoms with E-state index in [1.165, 1.54) is 5.56 Å². The number of piperidine rings is 1. The lowest BCUT2D eigenvalue weighted by molar-refractivity contribution is -0.142. The lowest BCUT2D eigenvalue weighted by Crippen LogP contribution is -2.45. The third-order valence-electron chi connectivity index (χ3n) is 6.53. The van der Waals surface area contributed by atoms with Gasteiger partial charge >= 0.3 is 0 Å². The summed E-state index contributed by atoms with van der Waals surface area (Å²) in [6, 6.07) is 17.6. The molecule has 2 aliphatic heterocycles. The highest BCUT2D eigenvalue weighted by atomic mass is 16.2. The van der Waals surface area contributed by atoms with Gasteiger partial charge in [-0.1, -0.05) is 54.6 Å². The lowest BCUT2D eigenvalue weighted by Gasteiger charge is -2.34. The topological polar surface area (TPSA) is 55.9 Å². The maximum atomic E-state index is 13.2. The van der Waals surface area contributed by atoms with E-state index >= 15 is 0 Å². The summed E-state index contributed by atoms with van der Waals surface area (Å²) in [4.78, 5) is 32.3. The molecule has 0 aliphatic carbocycles. The number of nitrogens with zero attached hydrogens (tertiary/aromatic N) is 3. The minimum Gasteiger partial charge on any atom is -0.350 e. The van der Waals surface area contributed by atoms with E-state index in [2.05, 4.69) is 46.4 Å².